The van der Waals surface area contributed by atoms with Crippen molar-refractivity contribution >= 4 is 26.6 Å². The van der Waals surface area contributed by atoms with E-state index in [2.05, 4.69) is 15.3 Å². The normalized spacial score (nSPS) is 12.1. The van der Waals surface area contributed by atoms with Crippen LogP contribution in [-0.4, -0.2) is 36.6 Å². The molecule has 0 spiro atoms. The number of alkyl halides is 3. The molecule has 0 aliphatic heterocycles. The lowest BCUT2D eigenvalue weighted by Gasteiger charge is -2.09. The van der Waals surface area contributed by atoms with Crippen LogP contribution in [0.25, 0.3) is 10.9 Å². The van der Waals surface area contributed by atoms with Gasteiger partial charge in [-0.15, -0.1) is 0 Å². The lowest BCUT2D eigenvalue weighted by molar-refractivity contribution is -0.137. The molecule has 1 amide bonds. The molecule has 0 unspecified atom stereocenters. The van der Waals surface area contributed by atoms with Crippen molar-refractivity contribution in [2.75, 3.05) is 12.3 Å². The van der Waals surface area contributed by atoms with Crippen LogP contribution in [0, 0.1) is 0 Å². The zero-order valence-electron chi connectivity index (χ0n) is 14.3. The van der Waals surface area contributed by atoms with Gasteiger partial charge in [-0.05, 0) is 36.4 Å². The molecule has 3 aromatic rings. The lowest BCUT2D eigenvalue weighted by atomic mass is 10.1. The van der Waals surface area contributed by atoms with Crippen LogP contribution in [0.2, 0.25) is 0 Å². The summed E-state index contributed by atoms with van der Waals surface area (Å²) in [7, 11) is -3.94. The van der Waals surface area contributed by atoms with E-state index in [1.54, 1.807) is 36.5 Å². The molecular weight excluding hydrogens is 395 g/mol. The summed E-state index contributed by atoms with van der Waals surface area (Å²) in [6, 6.07) is 9.85. The quantitative estimate of drug-likeness (QED) is 0.700. The number of nitrogens with zero attached hydrogens (tertiary/aromatic N) is 2. The molecule has 10 heteroatoms. The topological polar surface area (TPSA) is 89.0 Å². The highest BCUT2D eigenvalue weighted by Gasteiger charge is 2.31. The Morgan fingerprint density at radius 2 is 1.86 bits per heavy atom. The van der Waals surface area contributed by atoms with Gasteiger partial charge in [0.25, 0.3) is 5.91 Å². The Hall–Kier alpha value is -3.01. The first-order valence-electron chi connectivity index (χ1n) is 8.06. The Morgan fingerprint density at radius 1 is 1.07 bits per heavy atom. The minimum Gasteiger partial charge on any atom is -0.351 e. The van der Waals surface area contributed by atoms with Crippen LogP contribution in [0.15, 0.2) is 59.9 Å². The number of nitrogens with one attached hydrogen (secondary N) is 1. The smallest absolute Gasteiger partial charge is 0.351 e. The zero-order valence-corrected chi connectivity index (χ0v) is 15.1. The summed E-state index contributed by atoms with van der Waals surface area (Å²) >= 11 is 0. The average molecular weight is 409 g/mol. The van der Waals surface area contributed by atoms with Crippen molar-refractivity contribution in [1.82, 2.24) is 15.3 Å². The summed E-state index contributed by atoms with van der Waals surface area (Å²) in [4.78, 5) is 19.7. The molecule has 1 N–H and O–H groups in total. The molecule has 1 aromatic carbocycles. The second-order valence-corrected chi connectivity index (χ2v) is 7.92. The molecule has 0 fully saturated rings. The van der Waals surface area contributed by atoms with Gasteiger partial charge in [-0.2, -0.15) is 13.2 Å². The van der Waals surface area contributed by atoms with Crippen molar-refractivity contribution in [3.8, 4) is 0 Å². The van der Waals surface area contributed by atoms with Crippen molar-refractivity contribution in [3.63, 3.8) is 0 Å². The molecule has 28 heavy (non-hydrogen) atoms. The number of carbonyl (C=O) groups is 1. The summed E-state index contributed by atoms with van der Waals surface area (Å²) in [6.07, 6.45) is -2.50. The van der Waals surface area contributed by atoms with Crippen molar-refractivity contribution in [3.05, 3.63) is 66.0 Å². The molecule has 6 nitrogen and oxygen atoms in total. The number of amides is 1. The van der Waals surface area contributed by atoms with Crippen molar-refractivity contribution in [1.29, 1.82) is 0 Å². The molecule has 3 rings (SSSR count). The summed E-state index contributed by atoms with van der Waals surface area (Å²) in [5.74, 6) is -0.965. The maximum Gasteiger partial charge on any atom is 0.417 e. The van der Waals surface area contributed by atoms with Gasteiger partial charge in [-0.25, -0.2) is 13.4 Å². The first kappa shape index (κ1) is 19.7. The summed E-state index contributed by atoms with van der Waals surface area (Å²) < 4.78 is 61.9. The molecule has 2 aromatic heterocycles. The van der Waals surface area contributed by atoms with E-state index in [1.807, 2.05) is 0 Å². The number of carbonyl (C=O) groups excluding carboxylic acids is 1. The predicted molar refractivity (Wildman–Crippen MR) is 95.4 cm³/mol. The number of hydrogen-bond acceptors (Lipinski definition) is 5. The minimum atomic E-state index is -4.60. The zero-order chi connectivity index (χ0) is 20.4. The summed E-state index contributed by atoms with van der Waals surface area (Å²) in [5, 5.41) is 2.76. The first-order valence-corrected chi connectivity index (χ1v) is 9.71. The molecule has 146 valence electrons. The van der Waals surface area contributed by atoms with Crippen molar-refractivity contribution in [2.45, 2.75) is 11.2 Å². The number of sulfone groups is 1. The monoisotopic (exact) mass is 409 g/mol. The minimum absolute atomic E-state index is 0.213. The van der Waals surface area contributed by atoms with Gasteiger partial charge in [0.05, 0.1) is 16.8 Å². The van der Waals surface area contributed by atoms with Gasteiger partial charge in [0.15, 0.2) is 14.9 Å². The Morgan fingerprint density at radius 3 is 2.54 bits per heavy atom. The fraction of sp³-hybridized carbons (Fsp3) is 0.167. The third-order valence-corrected chi connectivity index (χ3v) is 5.52. The van der Waals surface area contributed by atoms with E-state index in [0.29, 0.717) is 17.8 Å². The van der Waals surface area contributed by atoms with Crippen molar-refractivity contribution < 1.29 is 26.4 Å². The Labute approximate surface area is 158 Å². The number of fused-ring (bicyclic) bond motifs is 1. The first-order chi connectivity index (χ1) is 13.2. The van der Waals surface area contributed by atoms with Crippen LogP contribution >= 0.6 is 0 Å². The number of pyridine rings is 2. The van der Waals surface area contributed by atoms with E-state index < -0.39 is 38.3 Å². The molecular formula is C18H14F3N3O3S. The second kappa shape index (κ2) is 7.55. The van der Waals surface area contributed by atoms with Gasteiger partial charge in [0.2, 0.25) is 0 Å². The van der Waals surface area contributed by atoms with Gasteiger partial charge >= 0.3 is 6.18 Å². The SMILES string of the molecule is O=C(NCCS(=O)(=O)c1ccc(C(F)(F)F)cn1)c1ccc2ncccc2c1. The van der Waals surface area contributed by atoms with E-state index in [9.17, 15) is 26.4 Å². The number of hydrogen-bond donors (Lipinski definition) is 1. The highest BCUT2D eigenvalue weighted by molar-refractivity contribution is 7.91. The van der Waals surface area contributed by atoms with Gasteiger partial charge in [0, 0.05) is 29.9 Å². The van der Waals surface area contributed by atoms with E-state index >= 15 is 0 Å². The van der Waals surface area contributed by atoms with Gasteiger partial charge < -0.3 is 5.32 Å². The van der Waals surface area contributed by atoms with Crippen LogP contribution in [0.1, 0.15) is 15.9 Å². The number of halogens is 3. The lowest BCUT2D eigenvalue weighted by Crippen LogP contribution is -2.29. The highest BCUT2D eigenvalue weighted by atomic mass is 32.2. The Kier molecular flexibility index (Phi) is 5.32. The van der Waals surface area contributed by atoms with E-state index in [1.165, 1.54) is 0 Å². The van der Waals surface area contributed by atoms with Crippen LogP contribution in [0.5, 0.6) is 0 Å². The van der Waals surface area contributed by atoms with Crippen LogP contribution in [0.3, 0.4) is 0 Å². The standard InChI is InChI=1S/C18H14F3N3O3S/c19-18(20,21)14-4-6-16(24-11-14)28(26,27)9-8-23-17(25)13-3-5-15-12(10-13)2-1-7-22-15/h1-7,10-11H,8-9H2,(H,23,25). The maximum absolute atomic E-state index is 12.5. The fourth-order valence-electron chi connectivity index (χ4n) is 2.45. The number of benzene rings is 1. The Balaban J connectivity index is 1.63. The maximum atomic E-state index is 12.5. The van der Waals surface area contributed by atoms with Crippen LogP contribution in [0.4, 0.5) is 13.2 Å². The van der Waals surface area contributed by atoms with Crippen LogP contribution < -0.4 is 5.32 Å². The van der Waals surface area contributed by atoms with E-state index in [0.717, 1.165) is 17.0 Å². The number of rotatable bonds is 5. The third-order valence-electron chi connectivity index (χ3n) is 3.90. The second-order valence-electron chi connectivity index (χ2n) is 5.87. The Bertz CT molecular complexity index is 1110. The van der Waals surface area contributed by atoms with Crippen LogP contribution in [-0.2, 0) is 16.0 Å². The molecule has 0 aliphatic rings. The molecule has 0 aliphatic carbocycles. The molecule has 0 saturated carbocycles. The molecule has 0 saturated heterocycles. The molecule has 2 heterocycles. The molecule has 0 atom stereocenters. The average Bonchev–Trinajstić information content (AvgIpc) is 2.67. The predicted octanol–water partition coefficient (Wildman–Crippen LogP) is 2.85. The molecule has 0 bridgehead atoms. The van der Waals surface area contributed by atoms with E-state index in [-0.39, 0.29) is 6.54 Å². The summed E-state index contributed by atoms with van der Waals surface area (Å²) in [6.45, 7) is -0.213. The largest absolute Gasteiger partial charge is 0.417 e. The van der Waals surface area contributed by atoms with Gasteiger partial charge in [0.1, 0.15) is 0 Å². The third kappa shape index (κ3) is 4.45. The van der Waals surface area contributed by atoms with Gasteiger partial charge in [-0.3, -0.25) is 9.78 Å². The number of aromatic nitrogens is 2. The summed E-state index contributed by atoms with van der Waals surface area (Å²) in [5.41, 5.74) is 0.0195. The highest BCUT2D eigenvalue weighted by Crippen LogP contribution is 2.28. The van der Waals surface area contributed by atoms with Crippen molar-refractivity contribution in [2.24, 2.45) is 0 Å². The van der Waals surface area contributed by atoms with Gasteiger partial charge in [-0.1, -0.05) is 6.07 Å². The van der Waals surface area contributed by atoms with E-state index in [4.69, 9.17) is 0 Å². The fourth-order valence-corrected chi connectivity index (χ4v) is 3.52. The molecule has 0 radical (unpaired) electrons.